The molecule has 2 atom stereocenters. The van der Waals surface area contributed by atoms with Crippen LogP contribution in [0.4, 0.5) is 5.69 Å². The van der Waals surface area contributed by atoms with Crippen LogP contribution in [0.2, 0.25) is 0 Å². The van der Waals surface area contributed by atoms with Gasteiger partial charge in [-0.3, -0.25) is 0 Å². The number of methoxy groups -OCH3 is 1. The Bertz CT molecular complexity index is 421. The molecule has 0 bridgehead atoms. The summed E-state index contributed by atoms with van der Waals surface area (Å²) in [5.41, 5.74) is 0.789. The highest BCUT2D eigenvalue weighted by Crippen LogP contribution is 2.36. The van der Waals surface area contributed by atoms with Crippen molar-refractivity contribution in [1.29, 1.82) is 0 Å². The van der Waals surface area contributed by atoms with Gasteiger partial charge in [0, 0.05) is 0 Å². The zero-order valence-corrected chi connectivity index (χ0v) is 12.7. The van der Waals surface area contributed by atoms with Crippen molar-refractivity contribution in [3.05, 3.63) is 24.3 Å². The summed E-state index contributed by atoms with van der Waals surface area (Å²) in [6.45, 7) is 2.45. The topological polar surface area (TPSA) is 41.5 Å². The zero-order valence-electron chi connectivity index (χ0n) is 12.7. The molecule has 1 aromatic rings. The molecule has 0 spiro atoms. The van der Waals surface area contributed by atoms with Crippen molar-refractivity contribution in [1.82, 2.24) is 0 Å². The van der Waals surface area contributed by atoms with Crippen molar-refractivity contribution in [2.45, 2.75) is 51.0 Å². The van der Waals surface area contributed by atoms with Crippen molar-refractivity contribution >= 4 is 5.69 Å². The molecule has 1 aromatic carbocycles. The van der Waals surface area contributed by atoms with Crippen LogP contribution < -0.4 is 10.1 Å². The van der Waals surface area contributed by atoms with E-state index in [0.717, 1.165) is 30.2 Å². The molecular formula is C17H27NO2. The molecule has 1 aliphatic carbocycles. The highest BCUT2D eigenvalue weighted by Gasteiger charge is 2.32. The highest BCUT2D eigenvalue weighted by molar-refractivity contribution is 5.57. The Labute approximate surface area is 122 Å². The summed E-state index contributed by atoms with van der Waals surface area (Å²) < 4.78 is 5.41. The van der Waals surface area contributed by atoms with E-state index in [2.05, 4.69) is 12.2 Å². The third kappa shape index (κ3) is 3.45. The van der Waals surface area contributed by atoms with Gasteiger partial charge in [0.05, 0.1) is 24.9 Å². The van der Waals surface area contributed by atoms with Crippen LogP contribution in [0, 0.1) is 5.92 Å². The van der Waals surface area contributed by atoms with E-state index in [9.17, 15) is 5.11 Å². The molecule has 1 saturated carbocycles. The fourth-order valence-corrected chi connectivity index (χ4v) is 3.24. The number of hydrogen-bond acceptors (Lipinski definition) is 3. The molecule has 1 fully saturated rings. The van der Waals surface area contributed by atoms with Crippen LogP contribution in [0.1, 0.15) is 45.4 Å². The molecule has 2 rings (SSSR count). The van der Waals surface area contributed by atoms with Gasteiger partial charge in [0.2, 0.25) is 0 Å². The third-order valence-electron chi connectivity index (χ3n) is 4.69. The molecule has 2 unspecified atom stereocenters. The fraction of sp³-hybridized carbons (Fsp3) is 0.647. The summed E-state index contributed by atoms with van der Waals surface area (Å²) in [5, 5.41) is 13.5. The van der Waals surface area contributed by atoms with Crippen LogP contribution in [-0.4, -0.2) is 24.4 Å². The van der Waals surface area contributed by atoms with Crippen LogP contribution in [-0.2, 0) is 0 Å². The van der Waals surface area contributed by atoms with Gasteiger partial charge < -0.3 is 15.2 Å². The quantitative estimate of drug-likeness (QED) is 0.804. The second kappa shape index (κ2) is 6.98. The molecule has 3 nitrogen and oxygen atoms in total. The lowest BCUT2D eigenvalue weighted by Gasteiger charge is -2.33. The van der Waals surface area contributed by atoms with E-state index in [4.69, 9.17) is 4.74 Å². The Morgan fingerprint density at radius 1 is 1.30 bits per heavy atom. The monoisotopic (exact) mass is 277 g/mol. The fourth-order valence-electron chi connectivity index (χ4n) is 3.24. The van der Waals surface area contributed by atoms with Crippen LogP contribution in [0.5, 0.6) is 5.75 Å². The normalized spacial score (nSPS) is 26.9. The number of nitrogens with one attached hydrogen (secondary N) is 1. The van der Waals surface area contributed by atoms with Crippen molar-refractivity contribution in [3.8, 4) is 5.75 Å². The number of hydrogen-bond donors (Lipinski definition) is 2. The smallest absolute Gasteiger partial charge is 0.141 e. The second-order valence-electron chi connectivity index (χ2n) is 5.97. The maximum atomic E-state index is 9.95. The van der Waals surface area contributed by atoms with E-state index in [1.54, 1.807) is 7.11 Å². The number of anilines is 1. The van der Waals surface area contributed by atoms with Crippen molar-refractivity contribution in [2.24, 2.45) is 5.92 Å². The summed E-state index contributed by atoms with van der Waals surface area (Å²) in [6, 6.07) is 7.95. The Balaban J connectivity index is 2.14. The van der Waals surface area contributed by atoms with Crippen LogP contribution in [0.15, 0.2) is 24.3 Å². The SMILES string of the molecule is CCC1CCCC(CO)(Nc2ccccc2OC)CC1. The van der Waals surface area contributed by atoms with Gasteiger partial charge in [-0.2, -0.15) is 0 Å². The molecule has 0 heterocycles. The Kier molecular flexibility index (Phi) is 5.30. The molecule has 0 saturated heterocycles. The van der Waals surface area contributed by atoms with Gasteiger partial charge in [-0.05, 0) is 37.3 Å². The molecular weight excluding hydrogens is 250 g/mol. The Morgan fingerprint density at radius 2 is 2.10 bits per heavy atom. The van der Waals surface area contributed by atoms with Gasteiger partial charge in [0.1, 0.15) is 5.75 Å². The van der Waals surface area contributed by atoms with Gasteiger partial charge >= 0.3 is 0 Å². The van der Waals surface area contributed by atoms with E-state index >= 15 is 0 Å². The number of ether oxygens (including phenoxy) is 1. The number of aliphatic hydroxyl groups excluding tert-OH is 1. The van der Waals surface area contributed by atoms with E-state index in [1.165, 1.54) is 25.7 Å². The first-order valence-corrected chi connectivity index (χ1v) is 7.75. The predicted octanol–water partition coefficient (Wildman–Crippen LogP) is 3.83. The minimum absolute atomic E-state index is 0.182. The minimum Gasteiger partial charge on any atom is -0.495 e. The first-order chi connectivity index (χ1) is 9.73. The molecule has 0 aliphatic heterocycles. The van der Waals surface area contributed by atoms with E-state index < -0.39 is 0 Å². The van der Waals surface area contributed by atoms with Crippen molar-refractivity contribution in [2.75, 3.05) is 19.0 Å². The molecule has 2 N–H and O–H groups in total. The van der Waals surface area contributed by atoms with Gasteiger partial charge in [0.15, 0.2) is 0 Å². The summed E-state index contributed by atoms with van der Waals surface area (Å²) in [7, 11) is 1.69. The summed E-state index contributed by atoms with van der Waals surface area (Å²) in [5.74, 6) is 1.65. The first-order valence-electron chi connectivity index (χ1n) is 7.75. The predicted molar refractivity (Wildman–Crippen MR) is 83.3 cm³/mol. The molecule has 0 radical (unpaired) electrons. The van der Waals surface area contributed by atoms with Gasteiger partial charge in [0.25, 0.3) is 0 Å². The lowest BCUT2D eigenvalue weighted by atomic mass is 9.89. The van der Waals surface area contributed by atoms with Crippen LogP contribution in [0.25, 0.3) is 0 Å². The lowest BCUT2D eigenvalue weighted by Crippen LogP contribution is -2.41. The van der Waals surface area contributed by atoms with Gasteiger partial charge in [-0.25, -0.2) is 0 Å². The second-order valence-corrected chi connectivity index (χ2v) is 5.97. The lowest BCUT2D eigenvalue weighted by molar-refractivity contribution is 0.194. The zero-order chi connectivity index (χ0) is 14.4. The Morgan fingerprint density at radius 3 is 2.80 bits per heavy atom. The number of para-hydroxylation sites is 2. The molecule has 112 valence electrons. The van der Waals surface area contributed by atoms with Crippen LogP contribution >= 0.6 is 0 Å². The average molecular weight is 277 g/mol. The maximum Gasteiger partial charge on any atom is 0.141 e. The highest BCUT2D eigenvalue weighted by atomic mass is 16.5. The summed E-state index contributed by atoms with van der Waals surface area (Å²) in [4.78, 5) is 0. The first kappa shape index (κ1) is 15.2. The molecule has 0 aromatic heterocycles. The molecule has 3 heteroatoms. The van der Waals surface area contributed by atoms with E-state index in [0.29, 0.717) is 0 Å². The van der Waals surface area contributed by atoms with Gasteiger partial charge in [-0.1, -0.05) is 38.3 Å². The average Bonchev–Trinajstić information content (AvgIpc) is 2.70. The Hall–Kier alpha value is -1.22. The standard InChI is InChI=1S/C17H27NO2/c1-3-14-7-6-11-17(13-19,12-10-14)18-15-8-4-5-9-16(15)20-2/h4-5,8-9,14,18-19H,3,6-7,10-13H2,1-2H3. The third-order valence-corrected chi connectivity index (χ3v) is 4.69. The minimum atomic E-state index is -0.196. The molecule has 0 amide bonds. The van der Waals surface area contributed by atoms with Crippen molar-refractivity contribution < 1.29 is 9.84 Å². The summed E-state index contributed by atoms with van der Waals surface area (Å²) in [6.07, 6.45) is 6.96. The molecule has 1 aliphatic rings. The number of aliphatic hydroxyl groups is 1. The van der Waals surface area contributed by atoms with E-state index in [-0.39, 0.29) is 12.1 Å². The van der Waals surface area contributed by atoms with Crippen LogP contribution in [0.3, 0.4) is 0 Å². The maximum absolute atomic E-state index is 9.95. The van der Waals surface area contributed by atoms with Gasteiger partial charge in [-0.15, -0.1) is 0 Å². The van der Waals surface area contributed by atoms with E-state index in [1.807, 2.05) is 24.3 Å². The molecule has 20 heavy (non-hydrogen) atoms. The number of rotatable bonds is 5. The number of benzene rings is 1. The largest absolute Gasteiger partial charge is 0.495 e. The summed E-state index contributed by atoms with van der Waals surface area (Å²) >= 11 is 0. The van der Waals surface area contributed by atoms with Crippen molar-refractivity contribution in [3.63, 3.8) is 0 Å².